The molecule has 6 heteroatoms. The molecule has 0 bridgehead atoms. The van der Waals surface area contributed by atoms with Crippen LogP contribution >= 0.6 is 0 Å². The Labute approximate surface area is 101 Å². The molecule has 0 radical (unpaired) electrons. The molecule has 1 heterocycles. The van der Waals surface area contributed by atoms with Gasteiger partial charge in [-0.2, -0.15) is 0 Å². The summed E-state index contributed by atoms with van der Waals surface area (Å²) in [7, 11) is 1.60. The van der Waals surface area contributed by atoms with Gasteiger partial charge in [-0.1, -0.05) is 0 Å². The zero-order valence-corrected chi connectivity index (χ0v) is 10.4. The average Bonchev–Trinajstić information content (AvgIpc) is 2.29. The van der Waals surface area contributed by atoms with Crippen molar-refractivity contribution in [2.24, 2.45) is 0 Å². The molecule has 0 aliphatic carbocycles. The molecule has 2 N–H and O–H groups in total. The van der Waals surface area contributed by atoms with Crippen molar-refractivity contribution in [2.75, 3.05) is 26.0 Å². The maximum absolute atomic E-state index is 12.1. The minimum absolute atomic E-state index is 0.0806. The minimum atomic E-state index is -0.162. The van der Waals surface area contributed by atoms with Crippen molar-refractivity contribution in [3.8, 4) is 0 Å². The number of hydrogen-bond donors (Lipinski definition) is 1. The zero-order valence-electron chi connectivity index (χ0n) is 10.4. The molecule has 0 aliphatic rings. The van der Waals surface area contributed by atoms with Crippen LogP contribution in [0.5, 0.6) is 0 Å². The number of aromatic nitrogens is 2. The second-order valence-electron chi connectivity index (χ2n) is 3.93. The van der Waals surface area contributed by atoms with Crippen molar-refractivity contribution >= 4 is 11.7 Å². The van der Waals surface area contributed by atoms with Gasteiger partial charge >= 0.3 is 0 Å². The number of nitrogens with two attached hydrogens (primary N) is 1. The van der Waals surface area contributed by atoms with Crippen LogP contribution in [0.15, 0.2) is 12.1 Å². The number of carbonyl (C=O) groups is 1. The van der Waals surface area contributed by atoms with E-state index in [-0.39, 0.29) is 11.9 Å². The number of amides is 1. The predicted molar refractivity (Wildman–Crippen MR) is 64.5 cm³/mol. The molecule has 17 heavy (non-hydrogen) atoms. The van der Waals surface area contributed by atoms with Crippen molar-refractivity contribution in [1.29, 1.82) is 0 Å². The maximum atomic E-state index is 12.1. The number of ether oxygens (including phenoxy) is 1. The van der Waals surface area contributed by atoms with Crippen molar-refractivity contribution < 1.29 is 9.53 Å². The first-order valence-corrected chi connectivity index (χ1v) is 5.45. The Hall–Kier alpha value is -1.69. The van der Waals surface area contributed by atoms with Gasteiger partial charge in [-0.15, -0.1) is 10.2 Å². The number of anilines is 1. The molecule has 0 unspecified atom stereocenters. The average molecular weight is 238 g/mol. The topological polar surface area (TPSA) is 81.3 Å². The summed E-state index contributed by atoms with van der Waals surface area (Å²) in [5.41, 5.74) is 5.72. The Kier molecular flexibility index (Phi) is 4.84. The Bertz CT molecular complexity index is 364. The van der Waals surface area contributed by atoms with E-state index in [1.807, 2.05) is 13.8 Å². The highest BCUT2D eigenvalue weighted by atomic mass is 16.5. The van der Waals surface area contributed by atoms with Gasteiger partial charge in [0.25, 0.3) is 5.91 Å². The second-order valence-corrected chi connectivity index (χ2v) is 3.93. The lowest BCUT2D eigenvalue weighted by Gasteiger charge is -2.25. The van der Waals surface area contributed by atoms with Gasteiger partial charge < -0.3 is 15.4 Å². The Morgan fingerprint density at radius 3 is 2.65 bits per heavy atom. The van der Waals surface area contributed by atoms with Gasteiger partial charge in [-0.05, 0) is 26.0 Å². The van der Waals surface area contributed by atoms with Crippen molar-refractivity contribution in [1.82, 2.24) is 15.1 Å². The van der Waals surface area contributed by atoms with Crippen LogP contribution < -0.4 is 5.73 Å². The fourth-order valence-electron chi connectivity index (χ4n) is 1.39. The van der Waals surface area contributed by atoms with Gasteiger partial charge in [-0.25, -0.2) is 0 Å². The summed E-state index contributed by atoms with van der Waals surface area (Å²) in [6, 6.07) is 3.22. The van der Waals surface area contributed by atoms with Crippen molar-refractivity contribution in [3.05, 3.63) is 17.8 Å². The second kappa shape index (κ2) is 6.15. The van der Waals surface area contributed by atoms with Gasteiger partial charge in [0.15, 0.2) is 5.69 Å². The lowest BCUT2D eigenvalue weighted by atomic mass is 10.2. The van der Waals surface area contributed by atoms with E-state index >= 15 is 0 Å². The van der Waals surface area contributed by atoms with Crippen LogP contribution in [0.1, 0.15) is 24.3 Å². The fraction of sp³-hybridized carbons (Fsp3) is 0.545. The molecular weight excluding hydrogens is 220 g/mol. The van der Waals surface area contributed by atoms with Crippen LogP contribution in [0.3, 0.4) is 0 Å². The van der Waals surface area contributed by atoms with E-state index in [1.165, 1.54) is 0 Å². The third kappa shape index (κ3) is 3.67. The monoisotopic (exact) mass is 238 g/mol. The molecule has 1 aromatic heterocycles. The summed E-state index contributed by atoms with van der Waals surface area (Å²) in [6.07, 6.45) is 0. The van der Waals surface area contributed by atoms with Gasteiger partial charge in [-0.3, -0.25) is 4.79 Å². The number of nitrogen functional groups attached to an aromatic ring is 1. The minimum Gasteiger partial charge on any atom is -0.383 e. The van der Waals surface area contributed by atoms with Crippen LogP contribution in [0, 0.1) is 0 Å². The Morgan fingerprint density at radius 2 is 2.18 bits per heavy atom. The van der Waals surface area contributed by atoms with Crippen LogP contribution in [0.25, 0.3) is 0 Å². The first-order valence-electron chi connectivity index (χ1n) is 5.45. The number of nitrogens with zero attached hydrogens (tertiary/aromatic N) is 3. The molecule has 1 rings (SSSR count). The number of hydrogen-bond acceptors (Lipinski definition) is 5. The van der Waals surface area contributed by atoms with Gasteiger partial charge in [0, 0.05) is 19.7 Å². The smallest absolute Gasteiger partial charge is 0.274 e. The molecular formula is C11H18N4O2. The summed E-state index contributed by atoms with van der Waals surface area (Å²) in [6.45, 7) is 4.90. The molecule has 0 saturated heterocycles. The molecule has 6 nitrogen and oxygen atoms in total. The van der Waals surface area contributed by atoms with Crippen LogP contribution in [-0.4, -0.2) is 47.3 Å². The van der Waals surface area contributed by atoms with Gasteiger partial charge in [0.1, 0.15) is 5.82 Å². The zero-order chi connectivity index (χ0) is 12.8. The highest BCUT2D eigenvalue weighted by molar-refractivity contribution is 5.92. The van der Waals surface area contributed by atoms with E-state index in [0.29, 0.717) is 24.7 Å². The normalized spacial score (nSPS) is 10.6. The number of rotatable bonds is 5. The highest BCUT2D eigenvalue weighted by Gasteiger charge is 2.19. The predicted octanol–water partition coefficient (Wildman–Crippen LogP) is 0.556. The molecule has 0 aliphatic heterocycles. The molecule has 1 amide bonds. The summed E-state index contributed by atoms with van der Waals surface area (Å²) in [5.74, 6) is 0.138. The Morgan fingerprint density at radius 1 is 1.47 bits per heavy atom. The van der Waals surface area contributed by atoms with Gasteiger partial charge in [0.2, 0.25) is 0 Å². The van der Waals surface area contributed by atoms with E-state index in [2.05, 4.69) is 10.2 Å². The standard InChI is InChI=1S/C11H18N4O2/c1-8(2)15(6-7-17-3)11(16)9-4-5-10(12)14-13-9/h4-5,8H,6-7H2,1-3H3,(H2,12,14). The van der Waals surface area contributed by atoms with Crippen LogP contribution in [0.4, 0.5) is 5.82 Å². The third-order valence-electron chi connectivity index (χ3n) is 2.32. The molecule has 0 aromatic carbocycles. The quantitative estimate of drug-likeness (QED) is 0.810. The SMILES string of the molecule is COCCN(C(=O)c1ccc(N)nn1)C(C)C. The molecule has 0 fully saturated rings. The first kappa shape index (κ1) is 13.4. The molecule has 0 saturated carbocycles. The summed E-state index contributed by atoms with van der Waals surface area (Å²) >= 11 is 0. The molecule has 94 valence electrons. The molecule has 1 aromatic rings. The van der Waals surface area contributed by atoms with E-state index in [1.54, 1.807) is 24.1 Å². The van der Waals surface area contributed by atoms with E-state index in [0.717, 1.165) is 0 Å². The number of methoxy groups -OCH3 is 1. The van der Waals surface area contributed by atoms with Crippen LogP contribution in [0.2, 0.25) is 0 Å². The Balaban J connectivity index is 2.80. The highest BCUT2D eigenvalue weighted by Crippen LogP contribution is 2.06. The van der Waals surface area contributed by atoms with Crippen LogP contribution in [-0.2, 0) is 4.74 Å². The summed E-state index contributed by atoms with van der Waals surface area (Å²) in [5, 5.41) is 7.45. The van der Waals surface area contributed by atoms with Crippen molar-refractivity contribution in [2.45, 2.75) is 19.9 Å². The summed E-state index contributed by atoms with van der Waals surface area (Å²) < 4.78 is 4.98. The molecule has 0 atom stereocenters. The lowest BCUT2D eigenvalue weighted by molar-refractivity contribution is 0.0628. The number of carbonyl (C=O) groups excluding carboxylic acids is 1. The largest absolute Gasteiger partial charge is 0.383 e. The van der Waals surface area contributed by atoms with E-state index in [4.69, 9.17) is 10.5 Å². The molecule has 0 spiro atoms. The van der Waals surface area contributed by atoms with Crippen molar-refractivity contribution in [3.63, 3.8) is 0 Å². The van der Waals surface area contributed by atoms with Gasteiger partial charge in [0.05, 0.1) is 6.61 Å². The maximum Gasteiger partial charge on any atom is 0.274 e. The summed E-state index contributed by atoms with van der Waals surface area (Å²) in [4.78, 5) is 13.8. The lowest BCUT2D eigenvalue weighted by Crippen LogP contribution is -2.39. The first-order chi connectivity index (χ1) is 8.06. The van der Waals surface area contributed by atoms with E-state index < -0.39 is 0 Å². The fourth-order valence-corrected chi connectivity index (χ4v) is 1.39. The van der Waals surface area contributed by atoms with E-state index in [9.17, 15) is 4.79 Å². The third-order valence-corrected chi connectivity index (χ3v) is 2.32.